The SMILES string of the molecule is COc1ccc(C(NC(CC(=O)O)c2ccc(C)cc2)c2nnnn2C2CCCCC2)cc1OC. The molecule has 2 N–H and O–H groups in total. The van der Waals surface area contributed by atoms with Crippen molar-refractivity contribution in [3.8, 4) is 11.5 Å². The Labute approximate surface area is 205 Å². The van der Waals surface area contributed by atoms with Crippen LogP contribution in [0.5, 0.6) is 11.5 Å². The summed E-state index contributed by atoms with van der Waals surface area (Å²) in [5.74, 6) is 0.966. The Morgan fingerprint density at radius 1 is 1.06 bits per heavy atom. The highest BCUT2D eigenvalue weighted by molar-refractivity contribution is 5.68. The summed E-state index contributed by atoms with van der Waals surface area (Å²) < 4.78 is 12.9. The molecule has 0 spiro atoms. The molecule has 0 amide bonds. The zero-order valence-corrected chi connectivity index (χ0v) is 20.5. The molecule has 1 aliphatic rings. The number of hydrogen-bond acceptors (Lipinski definition) is 7. The molecule has 2 unspecified atom stereocenters. The summed E-state index contributed by atoms with van der Waals surface area (Å²) in [5, 5.41) is 26.1. The minimum atomic E-state index is -0.888. The molecule has 186 valence electrons. The molecule has 0 saturated heterocycles. The van der Waals surface area contributed by atoms with Crippen LogP contribution in [0.15, 0.2) is 42.5 Å². The van der Waals surface area contributed by atoms with Crippen molar-refractivity contribution in [2.75, 3.05) is 14.2 Å². The van der Waals surface area contributed by atoms with Crippen LogP contribution in [0.25, 0.3) is 0 Å². The number of carboxylic acids is 1. The minimum absolute atomic E-state index is 0.0855. The zero-order valence-electron chi connectivity index (χ0n) is 20.5. The van der Waals surface area contributed by atoms with Gasteiger partial charge in [0.2, 0.25) is 0 Å². The first kappa shape index (κ1) is 24.7. The standard InChI is InChI=1S/C26H33N5O4/c1-17-9-11-18(12-10-17)21(16-24(32)33)27-25(19-13-14-22(34-2)23(15-19)35-3)26-28-29-30-31(26)20-7-5-4-6-8-20/h9-15,20-21,25,27H,4-8,16H2,1-3H3,(H,32,33). The number of carbonyl (C=O) groups is 1. The molecule has 1 aromatic heterocycles. The van der Waals surface area contributed by atoms with E-state index in [0.29, 0.717) is 17.3 Å². The van der Waals surface area contributed by atoms with E-state index < -0.39 is 18.1 Å². The maximum absolute atomic E-state index is 11.8. The number of aliphatic carboxylic acids is 1. The van der Waals surface area contributed by atoms with Gasteiger partial charge in [0.25, 0.3) is 0 Å². The number of carboxylic acid groups (broad SMARTS) is 1. The number of aryl methyl sites for hydroxylation is 1. The van der Waals surface area contributed by atoms with Gasteiger partial charge >= 0.3 is 5.97 Å². The Bertz CT molecular complexity index is 1130. The highest BCUT2D eigenvalue weighted by atomic mass is 16.5. The number of nitrogens with one attached hydrogen (secondary N) is 1. The van der Waals surface area contributed by atoms with Crippen molar-refractivity contribution < 1.29 is 19.4 Å². The number of tetrazole rings is 1. The van der Waals surface area contributed by atoms with E-state index in [4.69, 9.17) is 9.47 Å². The molecule has 35 heavy (non-hydrogen) atoms. The lowest BCUT2D eigenvalue weighted by molar-refractivity contribution is -0.137. The fourth-order valence-corrected chi connectivity index (χ4v) is 4.78. The Morgan fingerprint density at radius 3 is 2.40 bits per heavy atom. The highest BCUT2D eigenvalue weighted by Crippen LogP contribution is 2.36. The largest absolute Gasteiger partial charge is 0.493 e. The van der Waals surface area contributed by atoms with Crippen molar-refractivity contribution in [2.45, 2.75) is 63.6 Å². The lowest BCUT2D eigenvalue weighted by atomic mass is 9.94. The molecule has 2 aromatic carbocycles. The smallest absolute Gasteiger partial charge is 0.305 e. The molecular weight excluding hydrogens is 446 g/mol. The third-order valence-electron chi connectivity index (χ3n) is 6.66. The van der Waals surface area contributed by atoms with Gasteiger partial charge in [0.15, 0.2) is 17.3 Å². The fraction of sp³-hybridized carbons (Fsp3) is 0.462. The summed E-state index contributed by atoms with van der Waals surface area (Å²) in [6, 6.07) is 12.9. The number of hydrogen-bond donors (Lipinski definition) is 2. The van der Waals surface area contributed by atoms with Crippen molar-refractivity contribution in [2.24, 2.45) is 0 Å². The van der Waals surface area contributed by atoms with Crippen LogP contribution >= 0.6 is 0 Å². The molecule has 9 heteroatoms. The molecule has 0 radical (unpaired) electrons. The van der Waals surface area contributed by atoms with Gasteiger partial charge in [-0.3, -0.25) is 10.1 Å². The summed E-state index contributed by atoms with van der Waals surface area (Å²) >= 11 is 0. The predicted molar refractivity (Wildman–Crippen MR) is 131 cm³/mol. The van der Waals surface area contributed by atoms with E-state index in [2.05, 4.69) is 20.8 Å². The van der Waals surface area contributed by atoms with Gasteiger partial charge in [-0.25, -0.2) is 4.68 Å². The maximum Gasteiger partial charge on any atom is 0.305 e. The summed E-state index contributed by atoms with van der Waals surface area (Å²) in [5.41, 5.74) is 2.86. The van der Waals surface area contributed by atoms with Crippen LogP contribution < -0.4 is 14.8 Å². The van der Waals surface area contributed by atoms with Crippen molar-refractivity contribution in [3.63, 3.8) is 0 Å². The maximum atomic E-state index is 11.8. The van der Waals surface area contributed by atoms with Crippen molar-refractivity contribution in [3.05, 3.63) is 65.0 Å². The van der Waals surface area contributed by atoms with Crippen LogP contribution in [-0.2, 0) is 4.79 Å². The van der Waals surface area contributed by atoms with Crippen molar-refractivity contribution in [1.82, 2.24) is 25.5 Å². The lowest BCUT2D eigenvalue weighted by Crippen LogP contribution is -2.32. The molecule has 1 heterocycles. The van der Waals surface area contributed by atoms with Crippen molar-refractivity contribution in [1.29, 1.82) is 0 Å². The summed E-state index contributed by atoms with van der Waals surface area (Å²) in [6.45, 7) is 2.01. The first-order chi connectivity index (χ1) is 17.0. The zero-order chi connectivity index (χ0) is 24.8. The molecule has 0 bridgehead atoms. The molecule has 3 aromatic rings. The van der Waals surface area contributed by atoms with Gasteiger partial charge < -0.3 is 14.6 Å². The molecular formula is C26H33N5O4. The second-order valence-electron chi connectivity index (χ2n) is 9.05. The number of rotatable bonds is 10. The Balaban J connectivity index is 1.78. The van der Waals surface area contributed by atoms with E-state index in [0.717, 1.165) is 42.4 Å². The molecule has 9 nitrogen and oxygen atoms in total. The number of aromatic nitrogens is 4. The first-order valence-corrected chi connectivity index (χ1v) is 12.0. The van der Waals surface area contributed by atoms with Gasteiger partial charge in [-0.1, -0.05) is 55.2 Å². The monoisotopic (exact) mass is 479 g/mol. The van der Waals surface area contributed by atoms with E-state index in [-0.39, 0.29) is 12.5 Å². The predicted octanol–water partition coefficient (Wildman–Crippen LogP) is 4.40. The lowest BCUT2D eigenvalue weighted by Gasteiger charge is -2.28. The van der Waals surface area contributed by atoms with E-state index in [1.165, 1.54) is 6.42 Å². The van der Waals surface area contributed by atoms with E-state index in [1.807, 2.05) is 54.1 Å². The second kappa shape index (κ2) is 11.3. The van der Waals surface area contributed by atoms with Gasteiger partial charge in [-0.05, 0) is 53.5 Å². The van der Waals surface area contributed by atoms with Crippen LogP contribution in [0.3, 0.4) is 0 Å². The van der Waals surface area contributed by atoms with Gasteiger partial charge in [-0.15, -0.1) is 5.10 Å². The Hall–Kier alpha value is -3.46. The third kappa shape index (κ3) is 5.79. The van der Waals surface area contributed by atoms with Crippen LogP contribution in [0.1, 0.15) is 79.2 Å². The van der Waals surface area contributed by atoms with E-state index in [9.17, 15) is 9.90 Å². The topological polar surface area (TPSA) is 111 Å². The summed E-state index contributed by atoms with van der Waals surface area (Å²) in [4.78, 5) is 11.8. The Kier molecular flexibility index (Phi) is 7.97. The molecule has 1 aliphatic carbocycles. The van der Waals surface area contributed by atoms with Gasteiger partial charge in [-0.2, -0.15) is 0 Å². The highest BCUT2D eigenvalue weighted by Gasteiger charge is 2.30. The fourth-order valence-electron chi connectivity index (χ4n) is 4.78. The van der Waals surface area contributed by atoms with Crippen LogP contribution in [0, 0.1) is 6.92 Å². The number of ether oxygens (including phenoxy) is 2. The molecule has 4 rings (SSSR count). The second-order valence-corrected chi connectivity index (χ2v) is 9.05. The minimum Gasteiger partial charge on any atom is -0.493 e. The van der Waals surface area contributed by atoms with E-state index >= 15 is 0 Å². The number of benzene rings is 2. The van der Waals surface area contributed by atoms with E-state index in [1.54, 1.807) is 14.2 Å². The van der Waals surface area contributed by atoms with Gasteiger partial charge in [0.1, 0.15) is 0 Å². The molecule has 0 aliphatic heterocycles. The summed E-state index contributed by atoms with van der Waals surface area (Å²) in [6.07, 6.45) is 5.46. The molecule has 1 fully saturated rings. The van der Waals surface area contributed by atoms with Crippen LogP contribution in [-0.4, -0.2) is 45.5 Å². The average Bonchev–Trinajstić information content (AvgIpc) is 3.36. The number of nitrogens with zero attached hydrogens (tertiary/aromatic N) is 4. The van der Waals surface area contributed by atoms with Crippen LogP contribution in [0.2, 0.25) is 0 Å². The number of methoxy groups -OCH3 is 2. The van der Waals surface area contributed by atoms with Gasteiger partial charge in [0, 0.05) is 6.04 Å². The average molecular weight is 480 g/mol. The van der Waals surface area contributed by atoms with Crippen molar-refractivity contribution >= 4 is 5.97 Å². The van der Waals surface area contributed by atoms with Crippen LogP contribution in [0.4, 0.5) is 0 Å². The molecule has 2 atom stereocenters. The normalized spacial score (nSPS) is 16.0. The molecule has 1 saturated carbocycles. The van der Waals surface area contributed by atoms with Gasteiger partial charge in [0.05, 0.1) is 32.7 Å². The quantitative estimate of drug-likeness (QED) is 0.440. The first-order valence-electron chi connectivity index (χ1n) is 12.0. The Morgan fingerprint density at radius 2 is 1.74 bits per heavy atom. The third-order valence-corrected chi connectivity index (χ3v) is 6.66. The summed E-state index contributed by atoms with van der Waals surface area (Å²) in [7, 11) is 3.19.